The standard InChI is InChI=1S/C19H17N3O/c1-4-15-5-7-17(8-6-15)19-13-22(21-20-19)12-16-9-14(2)10-18(11-16)23-3/h1,5-11,13H,12H2,2-3H3. The van der Waals surface area contributed by atoms with E-state index in [-0.39, 0.29) is 0 Å². The molecule has 1 aromatic heterocycles. The molecule has 0 aliphatic heterocycles. The smallest absolute Gasteiger partial charge is 0.119 e. The van der Waals surface area contributed by atoms with Crippen LogP contribution in [0.2, 0.25) is 0 Å². The number of hydrogen-bond acceptors (Lipinski definition) is 3. The molecule has 0 amide bonds. The fourth-order valence-corrected chi connectivity index (χ4v) is 2.47. The first-order valence-electron chi connectivity index (χ1n) is 7.29. The summed E-state index contributed by atoms with van der Waals surface area (Å²) in [5.41, 5.74) is 4.96. The van der Waals surface area contributed by atoms with Crippen LogP contribution in [0.5, 0.6) is 5.75 Å². The van der Waals surface area contributed by atoms with Crippen LogP contribution in [-0.2, 0) is 6.54 Å². The number of rotatable bonds is 4. The van der Waals surface area contributed by atoms with E-state index in [2.05, 4.69) is 22.3 Å². The van der Waals surface area contributed by atoms with Crippen LogP contribution in [0.15, 0.2) is 48.7 Å². The highest BCUT2D eigenvalue weighted by atomic mass is 16.5. The van der Waals surface area contributed by atoms with Gasteiger partial charge in [-0.2, -0.15) is 0 Å². The lowest BCUT2D eigenvalue weighted by atomic mass is 10.1. The van der Waals surface area contributed by atoms with Crippen LogP contribution in [0.3, 0.4) is 0 Å². The SMILES string of the molecule is C#Cc1ccc(-c2cn(Cc3cc(C)cc(OC)c3)nn2)cc1. The van der Waals surface area contributed by atoms with Gasteiger partial charge in [-0.25, -0.2) is 4.68 Å². The molecule has 3 aromatic rings. The molecule has 23 heavy (non-hydrogen) atoms. The monoisotopic (exact) mass is 303 g/mol. The minimum atomic E-state index is 0.646. The number of ether oxygens (including phenoxy) is 1. The minimum Gasteiger partial charge on any atom is -0.497 e. The van der Waals surface area contributed by atoms with Gasteiger partial charge in [-0.15, -0.1) is 11.5 Å². The molecule has 0 aliphatic rings. The van der Waals surface area contributed by atoms with Gasteiger partial charge in [-0.3, -0.25) is 0 Å². The zero-order chi connectivity index (χ0) is 16.2. The van der Waals surface area contributed by atoms with Gasteiger partial charge in [-0.05, 0) is 42.3 Å². The van der Waals surface area contributed by atoms with Crippen LogP contribution >= 0.6 is 0 Å². The molecule has 114 valence electrons. The van der Waals surface area contributed by atoms with Crippen molar-refractivity contribution in [3.63, 3.8) is 0 Å². The Balaban J connectivity index is 1.82. The van der Waals surface area contributed by atoms with Crippen molar-refractivity contribution in [3.05, 3.63) is 65.4 Å². The van der Waals surface area contributed by atoms with Gasteiger partial charge in [0.25, 0.3) is 0 Å². The Kier molecular flexibility index (Phi) is 4.11. The Bertz CT molecular complexity index is 857. The predicted octanol–water partition coefficient (Wildman–Crippen LogP) is 3.29. The molecular weight excluding hydrogens is 286 g/mol. The van der Waals surface area contributed by atoms with Crippen LogP contribution in [0.4, 0.5) is 0 Å². The van der Waals surface area contributed by atoms with Gasteiger partial charge < -0.3 is 4.74 Å². The molecule has 0 N–H and O–H groups in total. The van der Waals surface area contributed by atoms with Crippen molar-refractivity contribution in [1.29, 1.82) is 0 Å². The maximum absolute atomic E-state index is 5.37. The van der Waals surface area contributed by atoms with Gasteiger partial charge in [0.1, 0.15) is 11.4 Å². The zero-order valence-electron chi connectivity index (χ0n) is 13.2. The molecule has 0 aliphatic carbocycles. The van der Waals surface area contributed by atoms with Gasteiger partial charge in [0, 0.05) is 11.1 Å². The molecule has 1 heterocycles. The topological polar surface area (TPSA) is 39.9 Å². The average Bonchev–Trinajstić information content (AvgIpc) is 3.02. The molecular formula is C19H17N3O. The lowest BCUT2D eigenvalue weighted by Gasteiger charge is -2.06. The Morgan fingerprint density at radius 3 is 2.65 bits per heavy atom. The van der Waals surface area contributed by atoms with E-state index in [0.29, 0.717) is 6.54 Å². The maximum atomic E-state index is 5.37. The number of nitrogens with zero attached hydrogens (tertiary/aromatic N) is 3. The number of aromatic nitrogens is 3. The fraction of sp³-hybridized carbons (Fsp3) is 0.158. The van der Waals surface area contributed by atoms with Crippen molar-refractivity contribution in [3.8, 4) is 29.4 Å². The minimum absolute atomic E-state index is 0.646. The molecule has 0 atom stereocenters. The largest absolute Gasteiger partial charge is 0.497 e. The third-order valence-electron chi connectivity index (χ3n) is 3.58. The molecule has 0 bridgehead atoms. The van der Waals surface area contributed by atoms with Crippen LogP contribution in [-0.4, -0.2) is 22.1 Å². The Morgan fingerprint density at radius 2 is 1.96 bits per heavy atom. The van der Waals surface area contributed by atoms with Gasteiger partial charge in [0.05, 0.1) is 19.9 Å². The quantitative estimate of drug-likeness (QED) is 0.694. The van der Waals surface area contributed by atoms with Gasteiger partial charge >= 0.3 is 0 Å². The van der Waals surface area contributed by atoms with Crippen LogP contribution in [0, 0.1) is 19.3 Å². The molecule has 3 rings (SSSR count). The highest BCUT2D eigenvalue weighted by Crippen LogP contribution is 2.19. The average molecular weight is 303 g/mol. The summed E-state index contributed by atoms with van der Waals surface area (Å²) in [7, 11) is 1.67. The summed E-state index contributed by atoms with van der Waals surface area (Å²) in [4.78, 5) is 0. The summed E-state index contributed by atoms with van der Waals surface area (Å²) in [6.45, 7) is 2.69. The van der Waals surface area contributed by atoms with E-state index in [1.165, 1.54) is 0 Å². The lowest BCUT2D eigenvalue weighted by molar-refractivity contribution is 0.413. The summed E-state index contributed by atoms with van der Waals surface area (Å²) in [5.74, 6) is 3.46. The van der Waals surface area contributed by atoms with E-state index in [9.17, 15) is 0 Å². The van der Waals surface area contributed by atoms with Crippen LogP contribution in [0.25, 0.3) is 11.3 Å². The highest BCUT2D eigenvalue weighted by molar-refractivity contribution is 5.59. The van der Waals surface area contributed by atoms with Crippen molar-refractivity contribution < 1.29 is 4.74 Å². The molecule has 0 fully saturated rings. The first kappa shape index (κ1) is 14.9. The normalized spacial score (nSPS) is 10.3. The highest BCUT2D eigenvalue weighted by Gasteiger charge is 2.06. The zero-order valence-corrected chi connectivity index (χ0v) is 13.2. The van der Waals surface area contributed by atoms with E-state index in [0.717, 1.165) is 33.7 Å². The van der Waals surface area contributed by atoms with Gasteiger partial charge in [0.15, 0.2) is 0 Å². The summed E-state index contributed by atoms with van der Waals surface area (Å²) in [6.07, 6.45) is 7.30. The fourth-order valence-electron chi connectivity index (χ4n) is 2.47. The maximum Gasteiger partial charge on any atom is 0.119 e. The van der Waals surface area contributed by atoms with Crippen molar-refractivity contribution in [2.75, 3.05) is 7.11 Å². The summed E-state index contributed by atoms with van der Waals surface area (Å²) in [6, 6.07) is 13.9. The van der Waals surface area contributed by atoms with E-state index in [1.54, 1.807) is 7.11 Å². The Labute approximate surface area is 135 Å². The molecule has 0 radical (unpaired) electrons. The Morgan fingerprint density at radius 1 is 1.17 bits per heavy atom. The molecule has 0 saturated heterocycles. The van der Waals surface area contributed by atoms with Crippen LogP contribution in [0.1, 0.15) is 16.7 Å². The molecule has 0 spiro atoms. The number of hydrogen-bond donors (Lipinski definition) is 0. The Hall–Kier alpha value is -3.06. The van der Waals surface area contributed by atoms with Crippen molar-refractivity contribution >= 4 is 0 Å². The number of terminal acetylenes is 1. The van der Waals surface area contributed by atoms with Crippen molar-refractivity contribution in [2.24, 2.45) is 0 Å². The third kappa shape index (κ3) is 3.41. The van der Waals surface area contributed by atoms with Crippen LogP contribution < -0.4 is 4.74 Å². The van der Waals surface area contributed by atoms with E-state index < -0.39 is 0 Å². The lowest BCUT2D eigenvalue weighted by Crippen LogP contribution is -2.01. The second-order valence-electron chi connectivity index (χ2n) is 5.38. The number of methoxy groups -OCH3 is 1. The molecule has 0 saturated carbocycles. The number of benzene rings is 2. The second kappa shape index (κ2) is 6.37. The summed E-state index contributed by atoms with van der Waals surface area (Å²) >= 11 is 0. The summed E-state index contributed by atoms with van der Waals surface area (Å²) < 4.78 is 7.13. The van der Waals surface area contributed by atoms with Crippen molar-refractivity contribution in [1.82, 2.24) is 15.0 Å². The second-order valence-corrected chi connectivity index (χ2v) is 5.38. The van der Waals surface area contributed by atoms with Gasteiger partial charge in [-0.1, -0.05) is 29.3 Å². The van der Waals surface area contributed by atoms with Crippen molar-refractivity contribution in [2.45, 2.75) is 13.5 Å². The third-order valence-corrected chi connectivity index (χ3v) is 3.58. The molecule has 4 heteroatoms. The predicted molar refractivity (Wildman–Crippen MR) is 90.2 cm³/mol. The molecule has 4 nitrogen and oxygen atoms in total. The van der Waals surface area contributed by atoms with E-state index in [4.69, 9.17) is 11.2 Å². The van der Waals surface area contributed by atoms with E-state index in [1.807, 2.05) is 54.2 Å². The summed E-state index contributed by atoms with van der Waals surface area (Å²) in [5, 5.41) is 8.43. The molecule has 2 aromatic carbocycles. The van der Waals surface area contributed by atoms with Gasteiger partial charge in [0.2, 0.25) is 0 Å². The number of aryl methyl sites for hydroxylation is 1. The first-order valence-corrected chi connectivity index (χ1v) is 7.29. The molecule has 0 unspecified atom stereocenters. The van der Waals surface area contributed by atoms with E-state index >= 15 is 0 Å². The first-order chi connectivity index (χ1) is 11.2.